The topological polar surface area (TPSA) is 116 Å². The Morgan fingerprint density at radius 3 is 2.65 bits per heavy atom. The lowest BCUT2D eigenvalue weighted by atomic mass is 10.2. The SMILES string of the molecule is O=C(NCCN1C[C@@H](O)[C@H](O)C1)c1cccnc1Nc1cc2c(cc1Br)OC(F)(F)O2. The molecule has 0 aliphatic carbocycles. The van der Waals surface area contributed by atoms with E-state index in [4.69, 9.17) is 0 Å². The fourth-order valence-corrected chi connectivity index (χ4v) is 3.76. The van der Waals surface area contributed by atoms with E-state index < -0.39 is 18.5 Å². The first-order chi connectivity index (χ1) is 14.7. The van der Waals surface area contributed by atoms with Gasteiger partial charge >= 0.3 is 6.29 Å². The summed E-state index contributed by atoms with van der Waals surface area (Å²) < 4.78 is 35.9. The molecule has 4 rings (SSSR count). The highest BCUT2D eigenvalue weighted by Gasteiger charge is 2.43. The van der Waals surface area contributed by atoms with Gasteiger partial charge in [-0.1, -0.05) is 0 Å². The maximum atomic E-state index is 13.3. The van der Waals surface area contributed by atoms with Crippen LogP contribution in [0, 0.1) is 0 Å². The fourth-order valence-electron chi connectivity index (χ4n) is 3.34. The summed E-state index contributed by atoms with van der Waals surface area (Å²) in [5.41, 5.74) is 0.603. The van der Waals surface area contributed by atoms with E-state index in [1.54, 1.807) is 12.1 Å². The second kappa shape index (κ2) is 8.54. The summed E-state index contributed by atoms with van der Waals surface area (Å²) in [7, 11) is 0. The number of carbonyl (C=O) groups excluding carboxylic acids is 1. The molecule has 2 aliphatic rings. The van der Waals surface area contributed by atoms with E-state index in [0.29, 0.717) is 36.3 Å². The quantitative estimate of drug-likeness (QED) is 0.473. The van der Waals surface area contributed by atoms with Gasteiger partial charge in [-0.05, 0) is 28.1 Å². The van der Waals surface area contributed by atoms with Gasteiger partial charge in [0.1, 0.15) is 5.82 Å². The third-order valence-corrected chi connectivity index (χ3v) is 5.50. The maximum absolute atomic E-state index is 13.3. The number of halogens is 3. The second-order valence-corrected chi connectivity index (χ2v) is 7.98. The van der Waals surface area contributed by atoms with Crippen molar-refractivity contribution in [1.29, 1.82) is 0 Å². The molecule has 0 unspecified atom stereocenters. The average Bonchev–Trinajstić information content (AvgIpc) is 3.18. The summed E-state index contributed by atoms with van der Waals surface area (Å²) in [4.78, 5) is 18.7. The van der Waals surface area contributed by atoms with Crippen molar-refractivity contribution < 1.29 is 33.3 Å². The largest absolute Gasteiger partial charge is 0.586 e. The molecule has 166 valence electrons. The number of aliphatic hydroxyl groups excluding tert-OH is 2. The molecule has 12 heteroatoms. The van der Waals surface area contributed by atoms with Gasteiger partial charge in [0.15, 0.2) is 11.5 Å². The Morgan fingerprint density at radius 1 is 1.26 bits per heavy atom. The van der Waals surface area contributed by atoms with Gasteiger partial charge in [-0.2, -0.15) is 0 Å². The molecule has 0 spiro atoms. The lowest BCUT2D eigenvalue weighted by Crippen LogP contribution is -2.34. The average molecular weight is 501 g/mol. The predicted molar refractivity (Wildman–Crippen MR) is 109 cm³/mol. The molecule has 31 heavy (non-hydrogen) atoms. The number of likely N-dealkylation sites (tertiary alicyclic amines) is 1. The zero-order valence-corrected chi connectivity index (χ0v) is 17.6. The highest BCUT2D eigenvalue weighted by molar-refractivity contribution is 9.10. The second-order valence-electron chi connectivity index (χ2n) is 7.12. The van der Waals surface area contributed by atoms with Gasteiger partial charge in [-0.15, -0.1) is 8.78 Å². The number of fused-ring (bicyclic) bond motifs is 1. The first-order valence-corrected chi connectivity index (χ1v) is 10.2. The fraction of sp³-hybridized carbons (Fsp3) is 0.368. The molecule has 1 saturated heterocycles. The van der Waals surface area contributed by atoms with Crippen molar-refractivity contribution in [2.24, 2.45) is 0 Å². The van der Waals surface area contributed by atoms with Crippen molar-refractivity contribution in [1.82, 2.24) is 15.2 Å². The van der Waals surface area contributed by atoms with Crippen LogP contribution in [0.5, 0.6) is 11.5 Å². The number of β-amino-alcohol motifs (C(OH)–C–C–N with tert-alkyl or cyclic N) is 2. The lowest BCUT2D eigenvalue weighted by Gasteiger charge is -2.16. The highest BCUT2D eigenvalue weighted by atomic mass is 79.9. The molecule has 1 aromatic heterocycles. The predicted octanol–water partition coefficient (Wildman–Crippen LogP) is 1.68. The Labute approximate surface area is 184 Å². The van der Waals surface area contributed by atoms with Gasteiger partial charge in [-0.25, -0.2) is 4.98 Å². The molecule has 1 aromatic carbocycles. The minimum absolute atomic E-state index is 0.112. The van der Waals surface area contributed by atoms with Crippen LogP contribution in [0.25, 0.3) is 0 Å². The highest BCUT2D eigenvalue weighted by Crippen LogP contribution is 2.45. The van der Waals surface area contributed by atoms with E-state index in [0.717, 1.165) is 0 Å². The number of amides is 1. The molecule has 2 atom stereocenters. The Hall–Kier alpha value is -2.54. The van der Waals surface area contributed by atoms with Gasteiger partial charge in [0.25, 0.3) is 5.91 Å². The molecule has 1 fully saturated rings. The molecular weight excluding hydrogens is 482 g/mol. The molecule has 3 heterocycles. The van der Waals surface area contributed by atoms with Crippen LogP contribution in [0.15, 0.2) is 34.9 Å². The van der Waals surface area contributed by atoms with E-state index in [1.165, 1.54) is 18.3 Å². The zero-order chi connectivity index (χ0) is 22.2. The van der Waals surface area contributed by atoms with Crippen LogP contribution < -0.4 is 20.1 Å². The maximum Gasteiger partial charge on any atom is 0.586 e. The number of hydrogen-bond donors (Lipinski definition) is 4. The molecular formula is C19H19BrF2N4O5. The Bertz CT molecular complexity index is 986. The van der Waals surface area contributed by atoms with Crippen LogP contribution in [0.3, 0.4) is 0 Å². The van der Waals surface area contributed by atoms with E-state index in [9.17, 15) is 23.8 Å². The van der Waals surface area contributed by atoms with Crippen LogP contribution in [0.2, 0.25) is 0 Å². The first kappa shape index (κ1) is 21.7. The van der Waals surface area contributed by atoms with Gasteiger partial charge in [0.2, 0.25) is 0 Å². The molecule has 4 N–H and O–H groups in total. The van der Waals surface area contributed by atoms with Crippen LogP contribution in [-0.2, 0) is 0 Å². The van der Waals surface area contributed by atoms with E-state index in [1.807, 2.05) is 4.90 Å². The van der Waals surface area contributed by atoms with Gasteiger partial charge < -0.3 is 30.3 Å². The van der Waals surface area contributed by atoms with Crippen molar-refractivity contribution in [2.45, 2.75) is 18.5 Å². The number of aromatic nitrogens is 1. The van der Waals surface area contributed by atoms with Crippen molar-refractivity contribution in [2.75, 3.05) is 31.5 Å². The van der Waals surface area contributed by atoms with Gasteiger partial charge in [-0.3, -0.25) is 9.69 Å². The summed E-state index contributed by atoms with van der Waals surface area (Å²) in [5, 5.41) is 24.9. The molecule has 0 radical (unpaired) electrons. The molecule has 9 nitrogen and oxygen atoms in total. The number of benzene rings is 1. The number of nitrogens with one attached hydrogen (secondary N) is 2. The van der Waals surface area contributed by atoms with Crippen molar-refractivity contribution in [3.63, 3.8) is 0 Å². The summed E-state index contributed by atoms with van der Waals surface area (Å²) in [5.74, 6) is -0.427. The number of hydrogen-bond acceptors (Lipinski definition) is 8. The Kier molecular flexibility index (Phi) is 5.97. The van der Waals surface area contributed by atoms with E-state index >= 15 is 0 Å². The van der Waals surface area contributed by atoms with Crippen molar-refractivity contribution in [3.8, 4) is 11.5 Å². The summed E-state index contributed by atoms with van der Waals surface area (Å²) in [6.45, 7) is 1.45. The molecule has 1 amide bonds. The third kappa shape index (κ3) is 4.87. The monoisotopic (exact) mass is 500 g/mol. The normalized spacial score (nSPS) is 21.8. The van der Waals surface area contributed by atoms with Crippen molar-refractivity contribution in [3.05, 3.63) is 40.5 Å². The summed E-state index contributed by atoms with van der Waals surface area (Å²) in [6, 6.07) is 5.83. The number of nitrogens with zero attached hydrogens (tertiary/aromatic N) is 2. The smallest absolute Gasteiger partial charge is 0.395 e. The van der Waals surface area contributed by atoms with Gasteiger partial charge in [0, 0.05) is 49.0 Å². The lowest BCUT2D eigenvalue weighted by molar-refractivity contribution is -0.286. The standard InChI is InChI=1S/C19H19BrF2N4O5/c20-11-6-15-16(31-19(21,22)30-15)7-12(11)25-17-10(2-1-3-23-17)18(29)24-4-5-26-8-13(27)14(28)9-26/h1-3,6-7,13-14,27-28H,4-5,8-9H2,(H,23,25)(H,24,29)/t13-,14-/m1/s1. The van der Waals surface area contributed by atoms with Gasteiger partial charge in [0.05, 0.1) is 23.5 Å². The zero-order valence-electron chi connectivity index (χ0n) is 16.0. The Balaban J connectivity index is 1.43. The number of rotatable bonds is 6. The van der Waals surface area contributed by atoms with Crippen LogP contribution in [0.1, 0.15) is 10.4 Å². The number of ether oxygens (including phenoxy) is 2. The number of alkyl halides is 2. The first-order valence-electron chi connectivity index (χ1n) is 9.40. The minimum Gasteiger partial charge on any atom is -0.395 e. The molecule has 2 aliphatic heterocycles. The Morgan fingerprint density at radius 2 is 1.94 bits per heavy atom. The molecule has 0 saturated carbocycles. The molecule has 2 aromatic rings. The van der Waals surface area contributed by atoms with Crippen LogP contribution in [-0.4, -0.2) is 70.7 Å². The minimum atomic E-state index is -3.74. The summed E-state index contributed by atoms with van der Waals surface area (Å²) in [6.07, 6.45) is -3.83. The third-order valence-electron chi connectivity index (χ3n) is 4.84. The number of pyridine rings is 1. The number of carbonyl (C=O) groups is 1. The van der Waals surface area contributed by atoms with Crippen molar-refractivity contribution >= 4 is 33.3 Å². The number of anilines is 2. The summed E-state index contributed by atoms with van der Waals surface area (Å²) >= 11 is 3.28. The van der Waals surface area contributed by atoms with Crippen LogP contribution in [0.4, 0.5) is 20.3 Å². The van der Waals surface area contributed by atoms with E-state index in [-0.39, 0.29) is 28.8 Å². The number of aliphatic hydroxyl groups is 2. The molecule has 0 bridgehead atoms. The van der Waals surface area contributed by atoms with E-state index in [2.05, 4.69) is 41.0 Å². The van der Waals surface area contributed by atoms with Crippen LogP contribution >= 0.6 is 15.9 Å².